The minimum atomic E-state index is -1.01. The Kier molecular flexibility index (Phi) is 3.85. The number of carboxylic acid groups (broad SMARTS) is 1. The van der Waals surface area contributed by atoms with Crippen LogP contribution < -0.4 is 4.74 Å². The molecule has 1 aromatic carbocycles. The molecule has 0 aliphatic carbocycles. The Morgan fingerprint density at radius 2 is 1.90 bits per heavy atom. The molecule has 1 aromatic heterocycles. The Labute approximate surface area is 125 Å². The number of aromatic nitrogens is 2. The van der Waals surface area contributed by atoms with Gasteiger partial charge in [-0.05, 0) is 53.0 Å². The van der Waals surface area contributed by atoms with Crippen molar-refractivity contribution in [2.75, 3.05) is 7.11 Å². The van der Waals surface area contributed by atoms with Gasteiger partial charge in [-0.1, -0.05) is 0 Å². The van der Waals surface area contributed by atoms with Crippen LogP contribution in [-0.2, 0) is 7.05 Å². The van der Waals surface area contributed by atoms with Crippen LogP contribution in [0.2, 0.25) is 0 Å². The minimum Gasteiger partial charge on any atom is -0.496 e. The molecule has 0 bridgehead atoms. The van der Waals surface area contributed by atoms with E-state index in [9.17, 15) is 9.90 Å². The normalized spacial score (nSPS) is 10.7. The summed E-state index contributed by atoms with van der Waals surface area (Å²) >= 11 is 3.33. The standard InChI is InChI=1S/C14H15BrN2O3/c1-7-5-9(6-8(2)13(7)20-4)11-10(15)12(14(18)19)17(3)16-11/h5-6H,1-4H3,(H,18,19). The number of carboxylic acids is 1. The van der Waals surface area contributed by atoms with Gasteiger partial charge in [-0.15, -0.1) is 0 Å². The van der Waals surface area contributed by atoms with Crippen molar-refractivity contribution in [1.29, 1.82) is 0 Å². The number of aromatic carboxylic acids is 1. The summed E-state index contributed by atoms with van der Waals surface area (Å²) < 4.78 is 7.17. The molecule has 20 heavy (non-hydrogen) atoms. The highest BCUT2D eigenvalue weighted by Gasteiger charge is 2.21. The average Bonchev–Trinajstić information content (AvgIpc) is 2.64. The Morgan fingerprint density at radius 1 is 1.35 bits per heavy atom. The molecule has 0 aliphatic heterocycles. The van der Waals surface area contributed by atoms with E-state index in [4.69, 9.17) is 4.74 Å². The van der Waals surface area contributed by atoms with Crippen LogP contribution in [0.15, 0.2) is 16.6 Å². The summed E-state index contributed by atoms with van der Waals surface area (Å²) in [4.78, 5) is 11.2. The molecule has 1 heterocycles. The zero-order valence-corrected chi connectivity index (χ0v) is 13.3. The van der Waals surface area contributed by atoms with E-state index >= 15 is 0 Å². The molecule has 0 unspecified atom stereocenters. The van der Waals surface area contributed by atoms with Gasteiger partial charge >= 0.3 is 5.97 Å². The molecule has 5 nitrogen and oxygen atoms in total. The molecule has 106 valence electrons. The minimum absolute atomic E-state index is 0.131. The molecular weight excluding hydrogens is 324 g/mol. The number of methoxy groups -OCH3 is 1. The van der Waals surface area contributed by atoms with Gasteiger partial charge in [0.2, 0.25) is 0 Å². The smallest absolute Gasteiger partial charge is 0.355 e. The molecule has 1 N–H and O–H groups in total. The number of carbonyl (C=O) groups is 1. The first-order valence-corrected chi connectivity index (χ1v) is 6.77. The fourth-order valence-corrected chi connectivity index (χ4v) is 3.06. The average molecular weight is 339 g/mol. The quantitative estimate of drug-likeness (QED) is 0.933. The van der Waals surface area contributed by atoms with Gasteiger partial charge in [-0.2, -0.15) is 5.10 Å². The van der Waals surface area contributed by atoms with Crippen molar-refractivity contribution in [2.45, 2.75) is 13.8 Å². The molecule has 0 fully saturated rings. The predicted molar refractivity (Wildman–Crippen MR) is 79.3 cm³/mol. The first-order chi connectivity index (χ1) is 9.36. The number of aryl methyl sites for hydroxylation is 3. The lowest BCUT2D eigenvalue weighted by Crippen LogP contribution is -2.05. The van der Waals surface area contributed by atoms with Crippen molar-refractivity contribution in [1.82, 2.24) is 9.78 Å². The molecule has 0 amide bonds. The van der Waals surface area contributed by atoms with Crippen LogP contribution in [0.4, 0.5) is 0 Å². The lowest BCUT2D eigenvalue weighted by Gasteiger charge is -2.10. The van der Waals surface area contributed by atoms with Gasteiger partial charge in [0.1, 0.15) is 11.4 Å². The van der Waals surface area contributed by atoms with E-state index in [2.05, 4.69) is 21.0 Å². The number of halogens is 1. The zero-order chi connectivity index (χ0) is 15.0. The van der Waals surface area contributed by atoms with E-state index in [1.165, 1.54) is 4.68 Å². The second-order valence-corrected chi connectivity index (χ2v) is 5.38. The van der Waals surface area contributed by atoms with E-state index in [0.717, 1.165) is 22.4 Å². The van der Waals surface area contributed by atoms with Gasteiger partial charge in [-0.3, -0.25) is 4.68 Å². The maximum absolute atomic E-state index is 11.2. The molecule has 2 rings (SSSR count). The van der Waals surface area contributed by atoms with E-state index < -0.39 is 5.97 Å². The van der Waals surface area contributed by atoms with Crippen LogP contribution in [0.1, 0.15) is 21.6 Å². The fourth-order valence-electron chi connectivity index (χ4n) is 2.32. The SMILES string of the molecule is COc1c(C)cc(-c2nn(C)c(C(=O)O)c2Br)cc1C. The Hall–Kier alpha value is -1.82. The van der Waals surface area contributed by atoms with Crippen molar-refractivity contribution in [3.05, 3.63) is 33.4 Å². The molecule has 0 spiro atoms. The van der Waals surface area contributed by atoms with Gasteiger partial charge in [0.15, 0.2) is 5.69 Å². The summed E-state index contributed by atoms with van der Waals surface area (Å²) in [6.07, 6.45) is 0. The zero-order valence-electron chi connectivity index (χ0n) is 11.7. The van der Waals surface area contributed by atoms with Gasteiger partial charge in [0, 0.05) is 12.6 Å². The maximum Gasteiger partial charge on any atom is 0.355 e. The summed E-state index contributed by atoms with van der Waals surface area (Å²) in [6, 6.07) is 3.87. The van der Waals surface area contributed by atoms with Crippen LogP contribution in [-0.4, -0.2) is 28.0 Å². The Bertz CT molecular complexity index is 669. The van der Waals surface area contributed by atoms with Crippen LogP contribution >= 0.6 is 15.9 Å². The lowest BCUT2D eigenvalue weighted by molar-refractivity contribution is 0.0684. The Balaban J connectivity index is 2.64. The maximum atomic E-state index is 11.2. The summed E-state index contributed by atoms with van der Waals surface area (Å²) in [7, 11) is 3.25. The monoisotopic (exact) mass is 338 g/mol. The second kappa shape index (κ2) is 5.28. The van der Waals surface area contributed by atoms with Gasteiger partial charge in [0.25, 0.3) is 0 Å². The van der Waals surface area contributed by atoms with Crippen molar-refractivity contribution < 1.29 is 14.6 Å². The molecule has 0 atom stereocenters. The number of hydrogen-bond donors (Lipinski definition) is 1. The molecule has 0 saturated heterocycles. The molecule has 0 aliphatic rings. The van der Waals surface area contributed by atoms with E-state index in [-0.39, 0.29) is 5.69 Å². The summed E-state index contributed by atoms with van der Waals surface area (Å²) in [5.74, 6) is -0.181. The number of hydrogen-bond acceptors (Lipinski definition) is 3. The van der Waals surface area contributed by atoms with Gasteiger partial charge in [-0.25, -0.2) is 4.79 Å². The summed E-state index contributed by atoms with van der Waals surface area (Å²) in [5, 5.41) is 13.5. The molecule has 0 radical (unpaired) electrons. The van der Waals surface area contributed by atoms with Crippen molar-refractivity contribution in [3.63, 3.8) is 0 Å². The predicted octanol–water partition coefficient (Wildman–Crippen LogP) is 3.17. The van der Waals surface area contributed by atoms with Gasteiger partial charge in [0.05, 0.1) is 11.6 Å². The number of benzene rings is 1. The number of ether oxygens (including phenoxy) is 1. The molecule has 6 heteroatoms. The highest BCUT2D eigenvalue weighted by molar-refractivity contribution is 9.10. The number of nitrogens with zero attached hydrogens (tertiary/aromatic N) is 2. The van der Waals surface area contributed by atoms with Crippen LogP contribution in [0.3, 0.4) is 0 Å². The number of rotatable bonds is 3. The third-order valence-electron chi connectivity index (χ3n) is 3.13. The summed E-state index contributed by atoms with van der Waals surface area (Å²) in [5.41, 5.74) is 3.56. The molecular formula is C14H15BrN2O3. The highest BCUT2D eigenvalue weighted by Crippen LogP contribution is 2.34. The van der Waals surface area contributed by atoms with Crippen molar-refractivity contribution >= 4 is 21.9 Å². The first-order valence-electron chi connectivity index (χ1n) is 5.98. The lowest BCUT2D eigenvalue weighted by atomic mass is 10.0. The highest BCUT2D eigenvalue weighted by atomic mass is 79.9. The fraction of sp³-hybridized carbons (Fsp3) is 0.286. The Morgan fingerprint density at radius 3 is 2.30 bits per heavy atom. The van der Waals surface area contributed by atoms with Crippen molar-refractivity contribution in [3.8, 4) is 17.0 Å². The van der Waals surface area contributed by atoms with E-state index in [0.29, 0.717) is 10.2 Å². The third-order valence-corrected chi connectivity index (χ3v) is 3.88. The largest absolute Gasteiger partial charge is 0.496 e. The van der Waals surface area contributed by atoms with Gasteiger partial charge < -0.3 is 9.84 Å². The molecule has 0 saturated carbocycles. The third kappa shape index (κ3) is 2.31. The topological polar surface area (TPSA) is 64.4 Å². The van der Waals surface area contributed by atoms with E-state index in [1.54, 1.807) is 14.2 Å². The van der Waals surface area contributed by atoms with E-state index in [1.807, 2.05) is 26.0 Å². The summed E-state index contributed by atoms with van der Waals surface area (Å²) in [6.45, 7) is 3.90. The molecule has 2 aromatic rings. The van der Waals surface area contributed by atoms with Crippen LogP contribution in [0, 0.1) is 13.8 Å². The van der Waals surface area contributed by atoms with Crippen LogP contribution in [0.25, 0.3) is 11.3 Å². The second-order valence-electron chi connectivity index (χ2n) is 4.58. The first kappa shape index (κ1) is 14.6. The van der Waals surface area contributed by atoms with Crippen molar-refractivity contribution in [2.24, 2.45) is 7.05 Å². The van der Waals surface area contributed by atoms with Crippen LogP contribution in [0.5, 0.6) is 5.75 Å².